The molecular weight excluding hydrogens is 319 g/mol. The molecule has 0 aliphatic carbocycles. The Balaban J connectivity index is 1.45. The van der Waals surface area contributed by atoms with Crippen LogP contribution in [0.4, 0.5) is 4.39 Å². The van der Waals surface area contributed by atoms with Gasteiger partial charge in [-0.3, -0.25) is 19.4 Å². The van der Waals surface area contributed by atoms with E-state index in [9.17, 15) is 14.0 Å². The van der Waals surface area contributed by atoms with Gasteiger partial charge in [0.2, 0.25) is 0 Å². The minimum absolute atomic E-state index is 0.210. The molecule has 0 saturated carbocycles. The van der Waals surface area contributed by atoms with Gasteiger partial charge in [-0.05, 0) is 49.2 Å². The van der Waals surface area contributed by atoms with E-state index in [0.29, 0.717) is 24.2 Å². The van der Waals surface area contributed by atoms with Crippen LogP contribution < -0.4 is 0 Å². The molecule has 2 aliphatic heterocycles. The minimum Gasteiger partial charge on any atom is -0.295 e. The van der Waals surface area contributed by atoms with Gasteiger partial charge in [0.1, 0.15) is 5.82 Å². The standard InChI is InChI=1S/C20H19FN2O2/c21-15-9-7-14(8-10-15)18-6-3-11-22(18)12-13-23-19(24)16-4-1-2-5-17(16)20(23)25/h1-2,4-5,7-10,18H,3,6,11-13H2/t18-/m1/s1. The van der Waals surface area contributed by atoms with Crippen LogP contribution in [0.5, 0.6) is 0 Å². The fraction of sp³-hybridized carbons (Fsp3) is 0.300. The molecule has 0 N–H and O–H groups in total. The van der Waals surface area contributed by atoms with E-state index in [1.807, 2.05) is 12.1 Å². The van der Waals surface area contributed by atoms with Crippen LogP contribution in [-0.4, -0.2) is 41.2 Å². The van der Waals surface area contributed by atoms with Crippen LogP contribution in [0.3, 0.4) is 0 Å². The van der Waals surface area contributed by atoms with Gasteiger partial charge < -0.3 is 0 Å². The molecular formula is C20H19FN2O2. The summed E-state index contributed by atoms with van der Waals surface area (Å²) in [6, 6.07) is 13.8. The zero-order valence-corrected chi connectivity index (χ0v) is 13.8. The highest BCUT2D eigenvalue weighted by Crippen LogP contribution is 2.32. The summed E-state index contributed by atoms with van der Waals surface area (Å²) >= 11 is 0. The summed E-state index contributed by atoms with van der Waals surface area (Å²) < 4.78 is 13.1. The Morgan fingerprint density at radius 2 is 1.56 bits per heavy atom. The number of amides is 2. The van der Waals surface area contributed by atoms with E-state index < -0.39 is 0 Å². The number of carbonyl (C=O) groups is 2. The van der Waals surface area contributed by atoms with E-state index in [2.05, 4.69) is 4.90 Å². The highest BCUT2D eigenvalue weighted by Gasteiger charge is 2.36. The lowest BCUT2D eigenvalue weighted by molar-refractivity contribution is 0.0633. The molecule has 1 fully saturated rings. The molecule has 128 valence electrons. The first-order valence-electron chi connectivity index (χ1n) is 8.60. The van der Waals surface area contributed by atoms with E-state index in [1.54, 1.807) is 24.3 Å². The summed E-state index contributed by atoms with van der Waals surface area (Å²) in [4.78, 5) is 28.5. The van der Waals surface area contributed by atoms with Gasteiger partial charge in [-0.2, -0.15) is 0 Å². The Labute approximate surface area is 145 Å². The molecule has 5 heteroatoms. The van der Waals surface area contributed by atoms with Crippen LogP contribution in [-0.2, 0) is 0 Å². The van der Waals surface area contributed by atoms with E-state index in [4.69, 9.17) is 0 Å². The van der Waals surface area contributed by atoms with Gasteiger partial charge in [-0.25, -0.2) is 4.39 Å². The van der Waals surface area contributed by atoms with Crippen LogP contribution in [0.2, 0.25) is 0 Å². The highest BCUT2D eigenvalue weighted by molar-refractivity contribution is 6.21. The van der Waals surface area contributed by atoms with E-state index in [-0.39, 0.29) is 23.7 Å². The van der Waals surface area contributed by atoms with Crippen LogP contribution in [0.15, 0.2) is 48.5 Å². The fourth-order valence-electron chi connectivity index (χ4n) is 3.83. The number of hydrogen-bond donors (Lipinski definition) is 0. The molecule has 1 saturated heterocycles. The van der Waals surface area contributed by atoms with Gasteiger partial charge in [0.25, 0.3) is 11.8 Å². The average Bonchev–Trinajstić information content (AvgIpc) is 3.19. The summed E-state index contributed by atoms with van der Waals surface area (Å²) in [6.07, 6.45) is 2.07. The molecule has 2 aliphatic rings. The van der Waals surface area contributed by atoms with Crippen molar-refractivity contribution in [3.63, 3.8) is 0 Å². The van der Waals surface area contributed by atoms with E-state index in [1.165, 1.54) is 17.0 Å². The van der Waals surface area contributed by atoms with Crippen molar-refractivity contribution in [2.75, 3.05) is 19.6 Å². The number of nitrogens with zero attached hydrogens (tertiary/aromatic N) is 2. The predicted octanol–water partition coefficient (Wildman–Crippen LogP) is 3.26. The normalized spacial score (nSPS) is 20.4. The van der Waals surface area contributed by atoms with E-state index in [0.717, 1.165) is 24.9 Å². The van der Waals surface area contributed by atoms with Crippen LogP contribution in [0, 0.1) is 5.82 Å². The number of hydrogen-bond acceptors (Lipinski definition) is 3. The van der Waals surface area contributed by atoms with Crippen molar-refractivity contribution < 1.29 is 14.0 Å². The minimum atomic E-state index is -0.237. The van der Waals surface area contributed by atoms with Gasteiger partial charge in [0, 0.05) is 19.1 Å². The number of likely N-dealkylation sites (tertiary alicyclic amines) is 1. The van der Waals surface area contributed by atoms with Gasteiger partial charge in [-0.15, -0.1) is 0 Å². The van der Waals surface area contributed by atoms with Crippen molar-refractivity contribution >= 4 is 11.8 Å². The van der Waals surface area contributed by atoms with Crippen molar-refractivity contribution in [1.29, 1.82) is 0 Å². The molecule has 2 aromatic carbocycles. The lowest BCUT2D eigenvalue weighted by atomic mass is 10.0. The summed E-state index contributed by atoms with van der Waals surface area (Å²) in [5, 5.41) is 0. The maximum atomic E-state index is 13.1. The van der Waals surface area contributed by atoms with Crippen molar-refractivity contribution in [2.24, 2.45) is 0 Å². The lowest BCUT2D eigenvalue weighted by Crippen LogP contribution is -2.38. The van der Waals surface area contributed by atoms with Gasteiger partial charge in [-0.1, -0.05) is 24.3 Å². The quantitative estimate of drug-likeness (QED) is 0.804. The fourth-order valence-corrected chi connectivity index (χ4v) is 3.83. The molecule has 2 aromatic rings. The summed E-state index contributed by atoms with van der Waals surface area (Å²) in [7, 11) is 0. The number of imide groups is 1. The highest BCUT2D eigenvalue weighted by atomic mass is 19.1. The number of carbonyl (C=O) groups excluding carboxylic acids is 2. The third-order valence-corrected chi connectivity index (χ3v) is 5.11. The molecule has 0 unspecified atom stereocenters. The average molecular weight is 338 g/mol. The molecule has 2 amide bonds. The first-order valence-corrected chi connectivity index (χ1v) is 8.60. The monoisotopic (exact) mass is 338 g/mol. The summed E-state index contributed by atoms with van der Waals surface area (Å²) in [5.41, 5.74) is 2.06. The van der Waals surface area contributed by atoms with Crippen molar-refractivity contribution in [1.82, 2.24) is 9.80 Å². The number of halogens is 1. The Kier molecular flexibility index (Phi) is 4.09. The smallest absolute Gasteiger partial charge is 0.261 e. The topological polar surface area (TPSA) is 40.6 Å². The van der Waals surface area contributed by atoms with Crippen molar-refractivity contribution in [3.05, 3.63) is 71.0 Å². The van der Waals surface area contributed by atoms with Gasteiger partial charge in [0.05, 0.1) is 11.1 Å². The maximum absolute atomic E-state index is 13.1. The SMILES string of the molecule is O=C1c2ccccc2C(=O)N1CCN1CCC[C@@H]1c1ccc(F)cc1. The predicted molar refractivity (Wildman–Crippen MR) is 91.8 cm³/mol. The van der Waals surface area contributed by atoms with Crippen LogP contribution >= 0.6 is 0 Å². The van der Waals surface area contributed by atoms with Crippen molar-refractivity contribution in [3.8, 4) is 0 Å². The lowest BCUT2D eigenvalue weighted by Gasteiger charge is -2.26. The third-order valence-electron chi connectivity index (χ3n) is 5.11. The molecule has 0 spiro atoms. The molecule has 0 aromatic heterocycles. The van der Waals surface area contributed by atoms with E-state index >= 15 is 0 Å². The van der Waals surface area contributed by atoms with Gasteiger partial charge in [0.15, 0.2) is 0 Å². The Hall–Kier alpha value is -2.53. The van der Waals surface area contributed by atoms with Crippen LogP contribution in [0.25, 0.3) is 0 Å². The zero-order valence-electron chi connectivity index (χ0n) is 13.8. The number of rotatable bonds is 4. The van der Waals surface area contributed by atoms with Crippen molar-refractivity contribution in [2.45, 2.75) is 18.9 Å². The molecule has 0 bridgehead atoms. The molecule has 2 heterocycles. The Morgan fingerprint density at radius 1 is 0.920 bits per heavy atom. The first kappa shape index (κ1) is 16.0. The Morgan fingerprint density at radius 3 is 2.20 bits per heavy atom. The number of fused-ring (bicyclic) bond motifs is 1. The molecule has 1 atom stereocenters. The molecule has 0 radical (unpaired) electrons. The molecule has 25 heavy (non-hydrogen) atoms. The third kappa shape index (κ3) is 2.85. The second-order valence-electron chi connectivity index (χ2n) is 6.55. The largest absolute Gasteiger partial charge is 0.295 e. The maximum Gasteiger partial charge on any atom is 0.261 e. The zero-order chi connectivity index (χ0) is 17.4. The second kappa shape index (κ2) is 6.41. The summed E-state index contributed by atoms with van der Waals surface area (Å²) in [6.45, 7) is 1.93. The van der Waals surface area contributed by atoms with Gasteiger partial charge >= 0.3 is 0 Å². The first-order chi connectivity index (χ1) is 12.1. The molecule has 4 nitrogen and oxygen atoms in total. The number of benzene rings is 2. The Bertz CT molecular complexity index is 784. The summed E-state index contributed by atoms with van der Waals surface area (Å²) in [5.74, 6) is -0.657. The molecule has 4 rings (SSSR count). The van der Waals surface area contributed by atoms with Crippen LogP contribution in [0.1, 0.15) is 45.2 Å². The second-order valence-corrected chi connectivity index (χ2v) is 6.55.